The van der Waals surface area contributed by atoms with E-state index in [4.69, 9.17) is 4.98 Å². The molecule has 3 aromatic rings. The number of aromatic nitrogens is 3. The topological polar surface area (TPSA) is 73.7 Å². The van der Waals surface area contributed by atoms with E-state index in [9.17, 15) is 9.59 Å². The summed E-state index contributed by atoms with van der Waals surface area (Å²) in [6, 6.07) is 6.16. The molecule has 0 radical (unpaired) electrons. The van der Waals surface area contributed by atoms with Crippen molar-refractivity contribution in [1.82, 2.24) is 24.4 Å². The Hall–Kier alpha value is -2.45. The number of carbonyl (C=O) groups is 1. The molecule has 2 aliphatic rings. The maximum atomic E-state index is 13.3. The average Bonchev–Trinajstić information content (AvgIpc) is 3.44. The van der Waals surface area contributed by atoms with Crippen molar-refractivity contribution in [3.63, 3.8) is 0 Å². The Balaban J connectivity index is 1.46. The van der Waals surface area contributed by atoms with E-state index in [1.54, 1.807) is 15.9 Å². The molecule has 0 spiro atoms. The molecule has 1 saturated heterocycles. The second-order valence-electron chi connectivity index (χ2n) is 8.99. The Morgan fingerprint density at radius 1 is 1.32 bits per heavy atom. The van der Waals surface area contributed by atoms with E-state index in [1.165, 1.54) is 4.88 Å². The highest BCUT2D eigenvalue weighted by atomic mass is 32.1. The summed E-state index contributed by atoms with van der Waals surface area (Å²) in [6.45, 7) is 7.06. The summed E-state index contributed by atoms with van der Waals surface area (Å²) in [6.07, 6.45) is 3.81. The van der Waals surface area contributed by atoms with Crippen LogP contribution in [0.1, 0.15) is 61.0 Å². The number of thiophene rings is 1. The summed E-state index contributed by atoms with van der Waals surface area (Å²) in [4.78, 5) is 36.5. The number of likely N-dealkylation sites (tertiary alicyclic amines) is 1. The first kappa shape index (κ1) is 20.5. The zero-order valence-corrected chi connectivity index (χ0v) is 19.0. The zero-order chi connectivity index (χ0) is 21.5. The van der Waals surface area contributed by atoms with Gasteiger partial charge >= 0.3 is 0 Å². The van der Waals surface area contributed by atoms with Crippen LogP contribution in [0.2, 0.25) is 0 Å². The van der Waals surface area contributed by atoms with Crippen molar-refractivity contribution in [2.45, 2.75) is 58.7 Å². The van der Waals surface area contributed by atoms with Crippen LogP contribution in [0.25, 0.3) is 5.65 Å². The Bertz CT molecular complexity index is 1150. The number of piperidine rings is 1. The standard InChI is InChI=1S/C23H29N5O2S/c1-15(2)22(29)27-9-4-3-7-20(27)19-12-21-24-18-8-10-26(13-16-6-5-11-31-16)14-17(18)23(30)28(21)25-19/h5-6,11-12,15,20,25H,3-4,7-10,13-14H2,1-2H3/t20-/m0/s1. The number of amides is 1. The summed E-state index contributed by atoms with van der Waals surface area (Å²) in [5.41, 5.74) is 3.26. The number of hydrogen-bond acceptors (Lipinski definition) is 5. The van der Waals surface area contributed by atoms with Crippen LogP contribution in [0.4, 0.5) is 0 Å². The van der Waals surface area contributed by atoms with E-state index < -0.39 is 0 Å². The average molecular weight is 440 g/mol. The summed E-state index contributed by atoms with van der Waals surface area (Å²) < 4.78 is 1.58. The Kier molecular flexibility index (Phi) is 5.44. The van der Waals surface area contributed by atoms with Gasteiger partial charge in [-0.15, -0.1) is 11.3 Å². The van der Waals surface area contributed by atoms with Crippen LogP contribution in [0.15, 0.2) is 28.4 Å². The Morgan fingerprint density at radius 3 is 2.97 bits per heavy atom. The molecule has 2 aliphatic heterocycles. The number of carbonyl (C=O) groups excluding carboxylic acids is 1. The molecule has 0 aromatic carbocycles. The van der Waals surface area contributed by atoms with Gasteiger partial charge in [0.2, 0.25) is 5.91 Å². The number of nitrogens with one attached hydrogen (secondary N) is 1. The van der Waals surface area contributed by atoms with Crippen LogP contribution < -0.4 is 5.56 Å². The molecule has 0 aliphatic carbocycles. The third-order valence-electron chi connectivity index (χ3n) is 6.46. The lowest BCUT2D eigenvalue weighted by molar-refractivity contribution is -0.138. The highest BCUT2D eigenvalue weighted by Gasteiger charge is 2.31. The largest absolute Gasteiger partial charge is 0.334 e. The van der Waals surface area contributed by atoms with Crippen molar-refractivity contribution in [3.8, 4) is 0 Å². The van der Waals surface area contributed by atoms with Crippen molar-refractivity contribution in [3.05, 3.63) is 55.8 Å². The van der Waals surface area contributed by atoms with Crippen LogP contribution in [0.5, 0.6) is 0 Å². The van der Waals surface area contributed by atoms with Gasteiger partial charge in [-0.05, 0) is 30.7 Å². The van der Waals surface area contributed by atoms with Gasteiger partial charge < -0.3 is 4.90 Å². The van der Waals surface area contributed by atoms with E-state index in [0.717, 1.165) is 62.3 Å². The molecule has 1 amide bonds. The first-order valence-corrected chi connectivity index (χ1v) is 12.1. The second-order valence-corrected chi connectivity index (χ2v) is 10.0. The highest BCUT2D eigenvalue weighted by Crippen LogP contribution is 2.32. The van der Waals surface area contributed by atoms with Crippen LogP contribution in [0.3, 0.4) is 0 Å². The van der Waals surface area contributed by atoms with Gasteiger partial charge in [-0.1, -0.05) is 19.9 Å². The number of hydrogen-bond donors (Lipinski definition) is 1. The first-order chi connectivity index (χ1) is 15.0. The Labute approximate surface area is 185 Å². The van der Waals surface area contributed by atoms with Gasteiger partial charge in [0.25, 0.3) is 5.56 Å². The lowest BCUT2D eigenvalue weighted by Gasteiger charge is -2.36. The highest BCUT2D eigenvalue weighted by molar-refractivity contribution is 7.09. The van der Waals surface area contributed by atoms with Crippen molar-refractivity contribution in [2.24, 2.45) is 5.92 Å². The summed E-state index contributed by atoms with van der Waals surface area (Å²) >= 11 is 1.75. The SMILES string of the molecule is CC(C)C(=O)N1CCCC[C@H]1c1cc2nc3c(c(=O)n2[nH]1)CN(Cc1cccs1)CC3. The van der Waals surface area contributed by atoms with Gasteiger partial charge in [-0.2, -0.15) is 0 Å². The minimum Gasteiger partial charge on any atom is -0.334 e. The number of fused-ring (bicyclic) bond motifs is 2. The van der Waals surface area contributed by atoms with Crippen molar-refractivity contribution >= 4 is 22.9 Å². The van der Waals surface area contributed by atoms with Gasteiger partial charge in [0.1, 0.15) is 0 Å². The number of aromatic amines is 1. The number of H-pyrrole nitrogens is 1. The maximum Gasteiger partial charge on any atom is 0.277 e. The van der Waals surface area contributed by atoms with E-state index >= 15 is 0 Å². The van der Waals surface area contributed by atoms with Crippen LogP contribution in [-0.2, 0) is 24.3 Å². The van der Waals surface area contributed by atoms with Gasteiger partial charge in [0, 0.05) is 49.5 Å². The zero-order valence-electron chi connectivity index (χ0n) is 18.1. The van der Waals surface area contributed by atoms with Gasteiger partial charge in [0.05, 0.1) is 23.0 Å². The summed E-state index contributed by atoms with van der Waals surface area (Å²) in [5.74, 6) is 0.139. The maximum absolute atomic E-state index is 13.3. The quantitative estimate of drug-likeness (QED) is 0.677. The monoisotopic (exact) mass is 439 g/mol. The molecule has 0 unspecified atom stereocenters. The van der Waals surface area contributed by atoms with Crippen LogP contribution in [-0.4, -0.2) is 43.4 Å². The fourth-order valence-corrected chi connectivity index (χ4v) is 5.58. The van der Waals surface area contributed by atoms with Crippen LogP contribution in [0, 0.1) is 5.92 Å². The fourth-order valence-electron chi connectivity index (χ4n) is 4.83. The van der Waals surface area contributed by atoms with Crippen molar-refractivity contribution in [2.75, 3.05) is 13.1 Å². The predicted octanol–water partition coefficient (Wildman–Crippen LogP) is 3.35. The molecule has 7 nitrogen and oxygen atoms in total. The molecule has 164 valence electrons. The minimum absolute atomic E-state index is 0.0142. The van der Waals surface area contributed by atoms with E-state index in [0.29, 0.717) is 12.2 Å². The Morgan fingerprint density at radius 2 is 2.19 bits per heavy atom. The van der Waals surface area contributed by atoms with E-state index in [2.05, 4.69) is 27.5 Å². The molecule has 3 aromatic heterocycles. The normalized spacial score (nSPS) is 19.8. The second kappa shape index (κ2) is 8.24. The first-order valence-electron chi connectivity index (χ1n) is 11.2. The minimum atomic E-state index is -0.0348. The molecule has 1 N–H and O–H groups in total. The molecule has 5 heterocycles. The van der Waals surface area contributed by atoms with Gasteiger partial charge in [-0.3, -0.25) is 19.6 Å². The number of rotatable bonds is 4. The smallest absolute Gasteiger partial charge is 0.277 e. The van der Waals surface area contributed by atoms with E-state index in [-0.39, 0.29) is 23.4 Å². The molecule has 8 heteroatoms. The lowest BCUT2D eigenvalue weighted by atomic mass is 9.97. The third-order valence-corrected chi connectivity index (χ3v) is 7.32. The number of nitrogens with zero attached hydrogens (tertiary/aromatic N) is 4. The molecular formula is C23H29N5O2S. The molecule has 1 atom stereocenters. The van der Waals surface area contributed by atoms with Gasteiger partial charge in [-0.25, -0.2) is 9.50 Å². The van der Waals surface area contributed by atoms with Gasteiger partial charge in [0.15, 0.2) is 5.65 Å². The predicted molar refractivity (Wildman–Crippen MR) is 121 cm³/mol. The molecule has 1 fully saturated rings. The van der Waals surface area contributed by atoms with Crippen LogP contribution >= 0.6 is 11.3 Å². The molecular weight excluding hydrogens is 410 g/mol. The van der Waals surface area contributed by atoms with E-state index in [1.807, 2.05) is 24.8 Å². The summed E-state index contributed by atoms with van der Waals surface area (Å²) in [7, 11) is 0. The van der Waals surface area contributed by atoms with Crippen molar-refractivity contribution < 1.29 is 4.79 Å². The molecule has 0 bridgehead atoms. The lowest BCUT2D eigenvalue weighted by Crippen LogP contribution is -2.41. The summed E-state index contributed by atoms with van der Waals surface area (Å²) in [5, 5.41) is 5.39. The fraction of sp³-hybridized carbons (Fsp3) is 0.522. The van der Waals surface area contributed by atoms with Crippen molar-refractivity contribution in [1.29, 1.82) is 0 Å². The molecule has 31 heavy (non-hydrogen) atoms. The third kappa shape index (κ3) is 3.83. The molecule has 0 saturated carbocycles. The molecule has 5 rings (SSSR count).